The van der Waals surface area contributed by atoms with Crippen LogP contribution in [0.2, 0.25) is 0 Å². The van der Waals surface area contributed by atoms with Crippen molar-refractivity contribution in [2.75, 3.05) is 20.2 Å². The topological polar surface area (TPSA) is 38.5 Å². The number of hydrogen-bond donors (Lipinski definition) is 1. The van der Waals surface area contributed by atoms with Gasteiger partial charge in [-0.25, -0.2) is 0 Å². The molecule has 1 aromatic rings. The van der Waals surface area contributed by atoms with E-state index >= 15 is 0 Å². The molecule has 0 aliphatic heterocycles. The maximum atomic E-state index is 6.48. The van der Waals surface area contributed by atoms with Crippen molar-refractivity contribution in [1.82, 2.24) is 4.90 Å². The monoisotopic (exact) mass is 274 g/mol. The molecule has 2 saturated carbocycles. The highest BCUT2D eigenvalue weighted by atomic mass is 16.5. The van der Waals surface area contributed by atoms with Gasteiger partial charge in [0, 0.05) is 30.7 Å². The summed E-state index contributed by atoms with van der Waals surface area (Å²) in [5.74, 6) is 1.85. The van der Waals surface area contributed by atoms with Crippen molar-refractivity contribution in [1.29, 1.82) is 0 Å². The van der Waals surface area contributed by atoms with Crippen LogP contribution in [0.4, 0.5) is 0 Å². The van der Waals surface area contributed by atoms with E-state index in [1.807, 2.05) is 6.07 Å². The van der Waals surface area contributed by atoms with Gasteiger partial charge < -0.3 is 10.5 Å². The fourth-order valence-corrected chi connectivity index (χ4v) is 2.94. The number of ether oxygens (including phenoxy) is 1. The molecule has 1 atom stereocenters. The molecule has 110 valence electrons. The lowest BCUT2D eigenvalue weighted by Crippen LogP contribution is -2.35. The summed E-state index contributed by atoms with van der Waals surface area (Å²) in [6, 6.07) is 7.12. The predicted molar refractivity (Wildman–Crippen MR) is 82.0 cm³/mol. The third-order valence-electron chi connectivity index (χ3n) is 4.47. The van der Waals surface area contributed by atoms with E-state index in [4.69, 9.17) is 10.5 Å². The van der Waals surface area contributed by atoms with E-state index < -0.39 is 0 Å². The van der Waals surface area contributed by atoms with Gasteiger partial charge >= 0.3 is 0 Å². The Bertz CT molecular complexity index is 466. The molecule has 2 N–H and O–H groups in total. The first kappa shape index (κ1) is 13.9. The van der Waals surface area contributed by atoms with Crippen molar-refractivity contribution >= 4 is 0 Å². The Hall–Kier alpha value is -1.06. The Morgan fingerprint density at radius 1 is 1.30 bits per heavy atom. The molecule has 0 spiro atoms. The zero-order valence-corrected chi connectivity index (χ0v) is 12.6. The van der Waals surface area contributed by atoms with E-state index in [2.05, 4.69) is 24.0 Å². The number of nitrogens with zero attached hydrogens (tertiary/aromatic N) is 1. The molecule has 0 amide bonds. The van der Waals surface area contributed by atoms with Gasteiger partial charge in [-0.3, -0.25) is 4.90 Å². The van der Waals surface area contributed by atoms with Crippen molar-refractivity contribution in [2.24, 2.45) is 11.7 Å². The molecular weight excluding hydrogens is 248 g/mol. The molecule has 2 fully saturated rings. The van der Waals surface area contributed by atoms with Gasteiger partial charge in [0.15, 0.2) is 0 Å². The third kappa shape index (κ3) is 3.33. The van der Waals surface area contributed by atoms with Gasteiger partial charge in [0.25, 0.3) is 0 Å². The zero-order chi connectivity index (χ0) is 14.1. The van der Waals surface area contributed by atoms with Crippen molar-refractivity contribution in [2.45, 2.75) is 44.7 Å². The van der Waals surface area contributed by atoms with E-state index in [1.54, 1.807) is 7.11 Å². The highest BCUT2D eigenvalue weighted by molar-refractivity contribution is 5.39. The van der Waals surface area contributed by atoms with Crippen molar-refractivity contribution in [3.63, 3.8) is 0 Å². The van der Waals surface area contributed by atoms with Crippen molar-refractivity contribution in [3.8, 4) is 5.75 Å². The molecule has 1 aromatic carbocycles. The van der Waals surface area contributed by atoms with Gasteiger partial charge in [-0.2, -0.15) is 0 Å². The molecule has 0 heterocycles. The second kappa shape index (κ2) is 5.74. The Morgan fingerprint density at radius 3 is 2.65 bits per heavy atom. The standard InChI is InChI=1S/C17H26N2O/c1-12-3-8-17(20-2)15(9-12)16(18)11-19(14-6-7-14)10-13-4-5-13/h3,8-9,13-14,16H,4-7,10-11,18H2,1-2H3. The van der Waals surface area contributed by atoms with Crippen LogP contribution in [0.1, 0.15) is 42.9 Å². The Morgan fingerprint density at radius 2 is 2.05 bits per heavy atom. The molecule has 3 heteroatoms. The minimum atomic E-state index is 0.0456. The normalized spacial score (nSPS) is 20.2. The molecule has 20 heavy (non-hydrogen) atoms. The Labute approximate surface area is 122 Å². The minimum Gasteiger partial charge on any atom is -0.496 e. The van der Waals surface area contributed by atoms with Gasteiger partial charge in [0.1, 0.15) is 5.75 Å². The molecule has 2 aliphatic carbocycles. The van der Waals surface area contributed by atoms with Crippen LogP contribution in [0.5, 0.6) is 5.75 Å². The van der Waals surface area contributed by atoms with Crippen LogP contribution in [0.15, 0.2) is 18.2 Å². The quantitative estimate of drug-likeness (QED) is 0.831. The fourth-order valence-electron chi connectivity index (χ4n) is 2.94. The summed E-state index contributed by atoms with van der Waals surface area (Å²) in [7, 11) is 1.73. The minimum absolute atomic E-state index is 0.0456. The van der Waals surface area contributed by atoms with E-state index in [-0.39, 0.29) is 6.04 Å². The van der Waals surface area contributed by atoms with Gasteiger partial charge in [-0.05, 0) is 44.6 Å². The van der Waals surface area contributed by atoms with Gasteiger partial charge in [0.05, 0.1) is 7.11 Å². The second-order valence-corrected chi connectivity index (χ2v) is 6.48. The molecule has 3 nitrogen and oxygen atoms in total. The fraction of sp³-hybridized carbons (Fsp3) is 0.647. The Balaban J connectivity index is 1.70. The van der Waals surface area contributed by atoms with Crippen LogP contribution in [0.3, 0.4) is 0 Å². The lowest BCUT2D eigenvalue weighted by atomic mass is 10.0. The lowest BCUT2D eigenvalue weighted by Gasteiger charge is -2.26. The Kier molecular flexibility index (Phi) is 3.99. The van der Waals surface area contributed by atoms with E-state index in [1.165, 1.54) is 37.8 Å². The van der Waals surface area contributed by atoms with Crippen molar-refractivity contribution < 1.29 is 4.74 Å². The molecule has 0 aromatic heterocycles. The summed E-state index contributed by atoms with van der Waals surface area (Å²) in [5.41, 5.74) is 8.88. The number of nitrogens with two attached hydrogens (primary N) is 1. The molecule has 3 rings (SSSR count). The molecule has 0 radical (unpaired) electrons. The van der Waals surface area contributed by atoms with E-state index in [0.717, 1.165) is 29.8 Å². The summed E-state index contributed by atoms with van der Waals surface area (Å²) in [6.45, 7) is 4.31. The summed E-state index contributed by atoms with van der Waals surface area (Å²) in [5, 5.41) is 0. The molecule has 0 saturated heterocycles. The maximum absolute atomic E-state index is 6.48. The summed E-state index contributed by atoms with van der Waals surface area (Å²) < 4.78 is 5.47. The lowest BCUT2D eigenvalue weighted by molar-refractivity contribution is 0.236. The molecule has 0 bridgehead atoms. The summed E-state index contributed by atoms with van der Waals surface area (Å²) in [6.07, 6.45) is 5.52. The molecular formula is C17H26N2O. The van der Waals surface area contributed by atoms with Crippen molar-refractivity contribution in [3.05, 3.63) is 29.3 Å². The highest BCUT2D eigenvalue weighted by Crippen LogP contribution is 2.36. The molecule has 2 aliphatic rings. The second-order valence-electron chi connectivity index (χ2n) is 6.48. The first-order valence-electron chi connectivity index (χ1n) is 7.81. The van der Waals surface area contributed by atoms with Crippen LogP contribution >= 0.6 is 0 Å². The largest absolute Gasteiger partial charge is 0.496 e. The van der Waals surface area contributed by atoms with Gasteiger partial charge in [-0.15, -0.1) is 0 Å². The van der Waals surface area contributed by atoms with Crippen LogP contribution in [0.25, 0.3) is 0 Å². The SMILES string of the molecule is COc1ccc(C)cc1C(N)CN(CC1CC1)C1CC1. The summed E-state index contributed by atoms with van der Waals surface area (Å²) in [4.78, 5) is 2.62. The van der Waals surface area contributed by atoms with Crippen LogP contribution in [0, 0.1) is 12.8 Å². The number of benzene rings is 1. The van der Waals surface area contributed by atoms with Gasteiger partial charge in [0.2, 0.25) is 0 Å². The van der Waals surface area contributed by atoms with Crippen LogP contribution < -0.4 is 10.5 Å². The average molecular weight is 274 g/mol. The smallest absolute Gasteiger partial charge is 0.123 e. The van der Waals surface area contributed by atoms with E-state index in [9.17, 15) is 0 Å². The summed E-state index contributed by atoms with van der Waals surface area (Å²) >= 11 is 0. The van der Waals surface area contributed by atoms with Crippen LogP contribution in [-0.4, -0.2) is 31.1 Å². The first-order chi connectivity index (χ1) is 9.67. The maximum Gasteiger partial charge on any atom is 0.123 e. The van der Waals surface area contributed by atoms with E-state index in [0.29, 0.717) is 0 Å². The predicted octanol–water partition coefficient (Wildman–Crippen LogP) is 2.88. The van der Waals surface area contributed by atoms with Gasteiger partial charge in [-0.1, -0.05) is 17.7 Å². The number of hydrogen-bond acceptors (Lipinski definition) is 3. The number of aryl methyl sites for hydroxylation is 1. The average Bonchev–Trinajstić information content (AvgIpc) is 3.30. The zero-order valence-electron chi connectivity index (χ0n) is 12.6. The highest BCUT2D eigenvalue weighted by Gasteiger charge is 2.34. The first-order valence-corrected chi connectivity index (χ1v) is 7.81. The molecule has 1 unspecified atom stereocenters. The number of rotatable bonds is 7. The third-order valence-corrected chi connectivity index (χ3v) is 4.47. The van der Waals surface area contributed by atoms with Crippen LogP contribution in [-0.2, 0) is 0 Å². The number of methoxy groups -OCH3 is 1.